The molecule has 0 bridgehead atoms. The summed E-state index contributed by atoms with van der Waals surface area (Å²) in [6.07, 6.45) is 5.39. The molecule has 4 rings (SSSR count). The summed E-state index contributed by atoms with van der Waals surface area (Å²) in [6, 6.07) is 8.99. The van der Waals surface area contributed by atoms with Crippen molar-refractivity contribution in [3.05, 3.63) is 54.5 Å². The van der Waals surface area contributed by atoms with E-state index in [2.05, 4.69) is 15.4 Å². The second-order valence-corrected chi connectivity index (χ2v) is 5.64. The molecule has 2 aromatic heterocycles. The summed E-state index contributed by atoms with van der Waals surface area (Å²) in [5.41, 5.74) is 1.62. The first-order valence-electron chi connectivity index (χ1n) is 7.27. The number of hydrogen-bond donors (Lipinski definition) is 3. The van der Waals surface area contributed by atoms with Crippen LogP contribution in [0.4, 0.5) is 0 Å². The van der Waals surface area contributed by atoms with Crippen molar-refractivity contribution in [2.45, 2.75) is 24.6 Å². The summed E-state index contributed by atoms with van der Waals surface area (Å²) in [5, 5.41) is 18.1. The van der Waals surface area contributed by atoms with Crippen LogP contribution in [-0.2, 0) is 0 Å². The van der Waals surface area contributed by atoms with Gasteiger partial charge in [0, 0.05) is 35.1 Å². The molecule has 2 heterocycles. The van der Waals surface area contributed by atoms with Crippen LogP contribution < -0.4 is 5.32 Å². The number of benzene rings is 1. The molecule has 3 atom stereocenters. The number of carbonyl (C=O) groups excluding carboxylic acids is 1. The zero-order chi connectivity index (χ0) is 15.1. The Hall–Kier alpha value is -2.60. The minimum absolute atomic E-state index is 0.107. The highest BCUT2D eigenvalue weighted by Gasteiger charge is 2.42. The molecule has 3 N–H and O–H groups in total. The van der Waals surface area contributed by atoms with Gasteiger partial charge in [-0.3, -0.25) is 9.48 Å². The molecule has 0 radical (unpaired) electrons. The predicted molar refractivity (Wildman–Crippen MR) is 81.4 cm³/mol. The molecule has 3 aromatic rings. The van der Waals surface area contributed by atoms with Gasteiger partial charge in [-0.15, -0.1) is 0 Å². The van der Waals surface area contributed by atoms with E-state index in [1.54, 1.807) is 23.1 Å². The molecule has 22 heavy (non-hydrogen) atoms. The van der Waals surface area contributed by atoms with Gasteiger partial charge in [0.05, 0.1) is 18.2 Å². The molecule has 1 aliphatic carbocycles. The Morgan fingerprint density at radius 1 is 1.41 bits per heavy atom. The van der Waals surface area contributed by atoms with E-state index in [9.17, 15) is 9.90 Å². The van der Waals surface area contributed by atoms with Crippen molar-refractivity contribution in [1.82, 2.24) is 20.1 Å². The summed E-state index contributed by atoms with van der Waals surface area (Å²) in [5.74, 6) is -0.128. The highest BCUT2D eigenvalue weighted by Crippen LogP contribution is 2.32. The van der Waals surface area contributed by atoms with Gasteiger partial charge in [-0.05, 0) is 36.8 Å². The lowest BCUT2D eigenvalue weighted by Crippen LogP contribution is -2.56. The van der Waals surface area contributed by atoms with Crippen molar-refractivity contribution >= 4 is 16.8 Å². The molecule has 0 aliphatic heterocycles. The lowest BCUT2D eigenvalue weighted by molar-refractivity contribution is -0.00588. The number of rotatable bonds is 3. The Bertz CT molecular complexity index is 809. The second-order valence-electron chi connectivity index (χ2n) is 5.64. The van der Waals surface area contributed by atoms with E-state index < -0.39 is 6.10 Å². The van der Waals surface area contributed by atoms with Gasteiger partial charge >= 0.3 is 0 Å². The maximum Gasteiger partial charge on any atom is 0.251 e. The summed E-state index contributed by atoms with van der Waals surface area (Å²) >= 11 is 0. The molecule has 1 saturated carbocycles. The second kappa shape index (κ2) is 4.99. The van der Waals surface area contributed by atoms with Crippen LogP contribution in [0.3, 0.4) is 0 Å². The molecular weight excluding hydrogens is 280 g/mol. The number of nitrogens with zero attached hydrogens (tertiary/aromatic N) is 2. The van der Waals surface area contributed by atoms with Crippen molar-refractivity contribution in [3.8, 4) is 0 Å². The van der Waals surface area contributed by atoms with E-state index >= 15 is 0 Å². The van der Waals surface area contributed by atoms with Crippen LogP contribution in [0.15, 0.2) is 48.9 Å². The van der Waals surface area contributed by atoms with Crippen LogP contribution in [0, 0.1) is 0 Å². The number of aromatic amines is 1. The molecule has 6 nitrogen and oxygen atoms in total. The van der Waals surface area contributed by atoms with Crippen molar-refractivity contribution in [1.29, 1.82) is 0 Å². The molecule has 1 fully saturated rings. The van der Waals surface area contributed by atoms with Gasteiger partial charge in [0.15, 0.2) is 0 Å². The number of H-pyrrole nitrogens is 1. The zero-order valence-electron chi connectivity index (χ0n) is 11.8. The average molecular weight is 296 g/mol. The SMILES string of the molecule is O=C(N[C@H]1C[C@@H](O)[C@@H]1n1cccn1)c1ccc2[nH]ccc2c1. The Labute approximate surface area is 126 Å². The monoisotopic (exact) mass is 296 g/mol. The normalized spacial score (nSPS) is 24.1. The smallest absolute Gasteiger partial charge is 0.251 e. The van der Waals surface area contributed by atoms with Gasteiger partial charge in [-0.1, -0.05) is 0 Å². The zero-order valence-corrected chi connectivity index (χ0v) is 11.8. The number of fused-ring (bicyclic) bond motifs is 1. The van der Waals surface area contributed by atoms with Gasteiger partial charge in [-0.2, -0.15) is 5.10 Å². The maximum atomic E-state index is 12.4. The Balaban J connectivity index is 1.52. The van der Waals surface area contributed by atoms with E-state index in [-0.39, 0.29) is 18.0 Å². The van der Waals surface area contributed by atoms with Gasteiger partial charge in [0.2, 0.25) is 0 Å². The number of hydrogen-bond acceptors (Lipinski definition) is 3. The number of aromatic nitrogens is 3. The first-order valence-corrected chi connectivity index (χ1v) is 7.27. The van der Waals surface area contributed by atoms with Crippen LogP contribution >= 0.6 is 0 Å². The largest absolute Gasteiger partial charge is 0.391 e. The number of amides is 1. The Morgan fingerprint density at radius 2 is 2.32 bits per heavy atom. The van der Waals surface area contributed by atoms with Crippen molar-refractivity contribution in [3.63, 3.8) is 0 Å². The molecular formula is C16H16N4O2. The lowest BCUT2D eigenvalue weighted by Gasteiger charge is -2.41. The number of aliphatic hydroxyl groups excluding tert-OH is 1. The fraction of sp³-hybridized carbons (Fsp3) is 0.250. The fourth-order valence-corrected chi connectivity index (χ4v) is 3.02. The molecule has 1 aliphatic rings. The molecule has 1 aromatic carbocycles. The third-order valence-corrected chi connectivity index (χ3v) is 4.26. The van der Waals surface area contributed by atoms with Gasteiger partial charge in [0.25, 0.3) is 5.91 Å². The van der Waals surface area contributed by atoms with Crippen molar-refractivity contribution in [2.24, 2.45) is 0 Å². The predicted octanol–water partition coefficient (Wildman–Crippen LogP) is 1.47. The molecule has 0 saturated heterocycles. The highest BCUT2D eigenvalue weighted by atomic mass is 16.3. The van der Waals surface area contributed by atoms with E-state index in [1.807, 2.05) is 30.5 Å². The third kappa shape index (κ3) is 2.08. The van der Waals surface area contributed by atoms with Crippen molar-refractivity contribution in [2.75, 3.05) is 0 Å². The fourth-order valence-electron chi connectivity index (χ4n) is 3.02. The minimum Gasteiger partial charge on any atom is -0.391 e. The van der Waals surface area contributed by atoms with Crippen LogP contribution in [-0.4, -0.2) is 37.9 Å². The standard InChI is InChI=1S/C16H16N4O2/c21-14-9-13(15(14)20-7-1-5-18-20)19-16(22)11-2-3-12-10(8-11)4-6-17-12/h1-8,13-15,17,21H,9H2,(H,19,22)/t13-,14+,15+/m0/s1. The molecule has 0 unspecified atom stereocenters. The topological polar surface area (TPSA) is 82.9 Å². The first kappa shape index (κ1) is 13.1. The van der Waals surface area contributed by atoms with Gasteiger partial charge in [0.1, 0.15) is 0 Å². The van der Waals surface area contributed by atoms with Crippen molar-refractivity contribution < 1.29 is 9.90 Å². The average Bonchev–Trinajstić information content (AvgIpc) is 3.16. The van der Waals surface area contributed by atoms with Crippen LogP contribution in [0.2, 0.25) is 0 Å². The first-order chi connectivity index (χ1) is 10.7. The Kier molecular flexibility index (Phi) is 2.97. The molecule has 1 amide bonds. The Morgan fingerprint density at radius 3 is 3.09 bits per heavy atom. The highest BCUT2D eigenvalue weighted by molar-refractivity contribution is 5.98. The van der Waals surface area contributed by atoms with Gasteiger partial charge in [-0.25, -0.2) is 0 Å². The van der Waals surface area contributed by atoms with Gasteiger partial charge < -0.3 is 15.4 Å². The summed E-state index contributed by atoms with van der Waals surface area (Å²) in [4.78, 5) is 15.5. The van der Waals surface area contributed by atoms with E-state index in [1.165, 1.54) is 0 Å². The van der Waals surface area contributed by atoms with Crippen LogP contribution in [0.25, 0.3) is 10.9 Å². The van der Waals surface area contributed by atoms with E-state index in [0.717, 1.165) is 10.9 Å². The molecule has 6 heteroatoms. The summed E-state index contributed by atoms with van der Waals surface area (Å²) in [6.45, 7) is 0. The van der Waals surface area contributed by atoms with E-state index in [0.29, 0.717) is 12.0 Å². The number of nitrogens with one attached hydrogen (secondary N) is 2. The quantitative estimate of drug-likeness (QED) is 0.684. The number of aliphatic hydroxyl groups is 1. The maximum absolute atomic E-state index is 12.4. The number of carbonyl (C=O) groups is 1. The lowest BCUT2D eigenvalue weighted by atomic mass is 9.83. The summed E-state index contributed by atoms with van der Waals surface area (Å²) < 4.78 is 1.70. The third-order valence-electron chi connectivity index (χ3n) is 4.26. The summed E-state index contributed by atoms with van der Waals surface area (Å²) in [7, 11) is 0. The molecule has 112 valence electrons. The minimum atomic E-state index is -0.475. The van der Waals surface area contributed by atoms with E-state index in [4.69, 9.17) is 0 Å². The molecule has 0 spiro atoms. The van der Waals surface area contributed by atoms with Crippen LogP contribution in [0.1, 0.15) is 22.8 Å². The van der Waals surface area contributed by atoms with Crippen LogP contribution in [0.5, 0.6) is 0 Å².